The van der Waals surface area contributed by atoms with E-state index in [0.29, 0.717) is 31.9 Å². The second-order valence-corrected chi connectivity index (χ2v) is 7.47. The zero-order valence-corrected chi connectivity index (χ0v) is 17.5. The number of fused-ring (bicyclic) bond motifs is 1. The van der Waals surface area contributed by atoms with Gasteiger partial charge in [-0.15, -0.1) is 6.58 Å². The normalized spacial score (nSPS) is 18.0. The first-order valence-corrected chi connectivity index (χ1v) is 10.4. The van der Waals surface area contributed by atoms with Crippen LogP contribution in [-0.2, 0) is 22.6 Å². The highest BCUT2D eigenvalue weighted by molar-refractivity contribution is 5.87. The van der Waals surface area contributed by atoms with E-state index >= 15 is 0 Å². The highest BCUT2D eigenvalue weighted by Gasteiger charge is 2.32. The Kier molecular flexibility index (Phi) is 6.48. The minimum absolute atomic E-state index is 0.191. The molecule has 1 aliphatic heterocycles. The van der Waals surface area contributed by atoms with Gasteiger partial charge in [0.1, 0.15) is 24.5 Å². The van der Waals surface area contributed by atoms with Gasteiger partial charge in [0.15, 0.2) is 0 Å². The number of nitrogens with one attached hydrogen (secondary N) is 1. The van der Waals surface area contributed by atoms with Crippen molar-refractivity contribution in [2.75, 3.05) is 13.7 Å². The van der Waals surface area contributed by atoms with Gasteiger partial charge in [0.2, 0.25) is 5.88 Å². The minimum atomic E-state index is -0.368. The molecule has 2 heterocycles. The van der Waals surface area contributed by atoms with Gasteiger partial charge in [-0.3, -0.25) is 4.79 Å². The number of pyridine rings is 1. The van der Waals surface area contributed by atoms with E-state index in [1.54, 1.807) is 0 Å². The molecule has 6 nitrogen and oxygen atoms in total. The van der Waals surface area contributed by atoms with Crippen molar-refractivity contribution in [3.05, 3.63) is 78.4 Å². The Hall–Kier alpha value is -3.38. The van der Waals surface area contributed by atoms with E-state index in [0.717, 1.165) is 27.8 Å². The van der Waals surface area contributed by atoms with Crippen molar-refractivity contribution in [2.45, 2.75) is 31.6 Å². The molecule has 1 fully saturated rings. The van der Waals surface area contributed by atoms with Crippen molar-refractivity contribution in [1.82, 2.24) is 10.3 Å². The average Bonchev–Trinajstić information content (AvgIpc) is 3.27. The lowest BCUT2D eigenvalue weighted by Crippen LogP contribution is -2.31. The topological polar surface area (TPSA) is 69.7 Å². The third kappa shape index (κ3) is 4.70. The van der Waals surface area contributed by atoms with Gasteiger partial charge in [0.05, 0.1) is 18.2 Å². The van der Waals surface area contributed by atoms with Crippen LogP contribution in [0, 0.1) is 0 Å². The van der Waals surface area contributed by atoms with Crippen molar-refractivity contribution in [2.24, 2.45) is 0 Å². The maximum Gasteiger partial charge on any atom is 0.323 e. The summed E-state index contributed by atoms with van der Waals surface area (Å²) in [5, 5.41) is 4.08. The first-order valence-electron chi connectivity index (χ1n) is 10.4. The summed E-state index contributed by atoms with van der Waals surface area (Å²) in [6.07, 6.45) is 2.70. The van der Waals surface area contributed by atoms with Gasteiger partial charge in [-0.05, 0) is 24.1 Å². The lowest BCUT2D eigenvalue weighted by atomic mass is 10.1. The van der Waals surface area contributed by atoms with E-state index in [1.165, 1.54) is 7.11 Å². The van der Waals surface area contributed by atoms with Crippen molar-refractivity contribution in [3.8, 4) is 11.6 Å². The van der Waals surface area contributed by atoms with Gasteiger partial charge >= 0.3 is 5.97 Å². The predicted molar refractivity (Wildman–Crippen MR) is 119 cm³/mol. The molecule has 0 amide bonds. The average molecular weight is 418 g/mol. The highest BCUT2D eigenvalue weighted by atomic mass is 16.5. The van der Waals surface area contributed by atoms with Crippen LogP contribution in [0.3, 0.4) is 0 Å². The molecule has 0 bridgehead atoms. The van der Waals surface area contributed by atoms with Crippen LogP contribution >= 0.6 is 0 Å². The van der Waals surface area contributed by atoms with Crippen LogP contribution in [0.25, 0.3) is 10.9 Å². The fourth-order valence-electron chi connectivity index (χ4n) is 3.79. The van der Waals surface area contributed by atoms with E-state index < -0.39 is 0 Å². The van der Waals surface area contributed by atoms with Crippen molar-refractivity contribution in [1.29, 1.82) is 0 Å². The monoisotopic (exact) mass is 418 g/mol. The highest BCUT2D eigenvalue weighted by Crippen LogP contribution is 2.36. The molecule has 4 rings (SSSR count). The predicted octanol–water partition coefficient (Wildman–Crippen LogP) is 3.82. The Morgan fingerprint density at radius 3 is 2.74 bits per heavy atom. The Morgan fingerprint density at radius 2 is 1.97 bits per heavy atom. The molecule has 0 saturated carbocycles. The number of benzene rings is 2. The van der Waals surface area contributed by atoms with Crippen LogP contribution in [-0.4, -0.2) is 36.8 Å². The molecule has 6 heteroatoms. The molecule has 0 unspecified atom stereocenters. The van der Waals surface area contributed by atoms with Crippen LogP contribution in [0.4, 0.5) is 0 Å². The van der Waals surface area contributed by atoms with Crippen molar-refractivity contribution < 1.29 is 19.0 Å². The standard InChI is InChI=1S/C25H26N2O4/c1-3-9-20-23(30-16-17-10-5-4-6-11-17)19-12-7-8-13-21(19)27-24(20)31-18-14-22(26-15-18)25(28)29-2/h3-8,10-13,18,22,26H,1,9,14-16H2,2H3/t18-,22+/m1/s1. The zero-order valence-electron chi connectivity index (χ0n) is 17.5. The van der Waals surface area contributed by atoms with Gasteiger partial charge in [0.25, 0.3) is 0 Å². The lowest BCUT2D eigenvalue weighted by molar-refractivity contribution is -0.142. The summed E-state index contributed by atoms with van der Waals surface area (Å²) in [6.45, 7) is 4.88. The fraction of sp³-hybridized carbons (Fsp3) is 0.280. The van der Waals surface area contributed by atoms with Gasteiger partial charge in [-0.2, -0.15) is 0 Å². The fourth-order valence-corrected chi connectivity index (χ4v) is 3.79. The Morgan fingerprint density at radius 1 is 1.19 bits per heavy atom. The number of carbonyl (C=O) groups is 1. The molecular formula is C25H26N2O4. The lowest BCUT2D eigenvalue weighted by Gasteiger charge is -2.20. The van der Waals surface area contributed by atoms with Crippen molar-refractivity contribution in [3.63, 3.8) is 0 Å². The second-order valence-electron chi connectivity index (χ2n) is 7.47. The SMILES string of the molecule is C=CCc1c(O[C@H]2CN[C@H](C(=O)OC)C2)nc2ccccc2c1OCc1ccccc1. The number of hydrogen-bond acceptors (Lipinski definition) is 6. The van der Waals surface area contributed by atoms with Crippen LogP contribution in [0.15, 0.2) is 67.3 Å². The summed E-state index contributed by atoms with van der Waals surface area (Å²) in [4.78, 5) is 16.6. The summed E-state index contributed by atoms with van der Waals surface area (Å²) in [7, 11) is 1.39. The first kappa shape index (κ1) is 20.9. The molecule has 31 heavy (non-hydrogen) atoms. The first-order chi connectivity index (χ1) is 15.2. The molecule has 0 radical (unpaired) electrons. The summed E-state index contributed by atoms with van der Waals surface area (Å²) < 4.78 is 17.4. The molecule has 1 N–H and O–H groups in total. The molecule has 2 atom stereocenters. The van der Waals surface area contributed by atoms with Crippen LogP contribution in [0.5, 0.6) is 11.6 Å². The van der Waals surface area contributed by atoms with E-state index in [1.807, 2.05) is 60.7 Å². The number of allylic oxidation sites excluding steroid dienone is 1. The van der Waals surface area contributed by atoms with Crippen LogP contribution in [0.1, 0.15) is 17.5 Å². The van der Waals surface area contributed by atoms with E-state index in [9.17, 15) is 4.79 Å². The van der Waals surface area contributed by atoms with Crippen LogP contribution in [0.2, 0.25) is 0 Å². The maximum absolute atomic E-state index is 11.8. The zero-order chi connectivity index (χ0) is 21.6. The van der Waals surface area contributed by atoms with Crippen molar-refractivity contribution >= 4 is 16.9 Å². The van der Waals surface area contributed by atoms with E-state index in [2.05, 4.69) is 11.9 Å². The number of ether oxygens (including phenoxy) is 3. The number of aromatic nitrogens is 1. The summed E-state index contributed by atoms with van der Waals surface area (Å²) in [6, 6.07) is 17.5. The molecule has 1 saturated heterocycles. The summed E-state index contributed by atoms with van der Waals surface area (Å²) in [5.41, 5.74) is 2.73. The molecular weight excluding hydrogens is 392 g/mol. The molecule has 1 aliphatic rings. The molecule has 1 aromatic heterocycles. The van der Waals surface area contributed by atoms with Crippen LogP contribution < -0.4 is 14.8 Å². The maximum atomic E-state index is 11.8. The molecule has 160 valence electrons. The number of hydrogen-bond donors (Lipinski definition) is 1. The van der Waals surface area contributed by atoms with Gasteiger partial charge in [-0.1, -0.05) is 48.5 Å². The molecule has 0 spiro atoms. The number of rotatable bonds is 8. The Labute approximate surface area is 181 Å². The largest absolute Gasteiger partial charge is 0.488 e. The molecule has 3 aromatic rings. The van der Waals surface area contributed by atoms with Gasteiger partial charge in [0, 0.05) is 18.4 Å². The minimum Gasteiger partial charge on any atom is -0.488 e. The number of carbonyl (C=O) groups excluding carboxylic acids is 1. The number of methoxy groups -OCH3 is 1. The molecule has 0 aliphatic carbocycles. The number of esters is 1. The number of nitrogens with zero attached hydrogens (tertiary/aromatic N) is 1. The summed E-state index contributed by atoms with van der Waals surface area (Å²) >= 11 is 0. The van der Waals surface area contributed by atoms with Gasteiger partial charge in [-0.25, -0.2) is 4.98 Å². The summed E-state index contributed by atoms with van der Waals surface area (Å²) in [5.74, 6) is 0.981. The van der Waals surface area contributed by atoms with E-state index in [-0.39, 0.29) is 18.1 Å². The quantitative estimate of drug-likeness (QED) is 0.443. The number of para-hydroxylation sites is 1. The Balaban J connectivity index is 1.67. The Bertz CT molecular complexity index is 1070. The smallest absolute Gasteiger partial charge is 0.323 e. The third-order valence-corrected chi connectivity index (χ3v) is 5.33. The van der Waals surface area contributed by atoms with E-state index in [4.69, 9.17) is 19.2 Å². The third-order valence-electron chi connectivity index (χ3n) is 5.33. The molecule has 2 aromatic carbocycles. The second kappa shape index (κ2) is 9.62. The van der Waals surface area contributed by atoms with Gasteiger partial charge < -0.3 is 19.5 Å².